The number of H-pyrrole nitrogens is 1. The molecule has 2 heterocycles. The fraction of sp³-hybridized carbons (Fsp3) is 0.421. The first kappa shape index (κ1) is 18.1. The minimum Gasteiger partial charge on any atom is -0.492 e. The van der Waals surface area contributed by atoms with Crippen LogP contribution in [0, 0.1) is 0 Å². The molecule has 1 amide bonds. The molecule has 0 atom stereocenters. The zero-order chi connectivity index (χ0) is 18.4. The molecule has 0 radical (unpaired) electrons. The Kier molecular flexibility index (Phi) is 6.01. The monoisotopic (exact) mass is 356 g/mol. The van der Waals surface area contributed by atoms with Crippen LogP contribution >= 0.6 is 0 Å². The number of nitrogens with one attached hydrogen (secondary N) is 2. The maximum absolute atomic E-state index is 12.2. The SMILES string of the molecule is CCc1nc(CCNC(=O)CN2CCOc3ccccc3C2)cc(=O)[nH]1. The summed E-state index contributed by atoms with van der Waals surface area (Å²) in [5.74, 6) is 1.52. The molecule has 138 valence electrons. The van der Waals surface area contributed by atoms with Crippen molar-refractivity contribution in [1.29, 1.82) is 0 Å². The molecule has 7 nitrogen and oxygen atoms in total. The van der Waals surface area contributed by atoms with Crippen molar-refractivity contribution in [1.82, 2.24) is 20.2 Å². The molecule has 2 N–H and O–H groups in total. The van der Waals surface area contributed by atoms with Crippen molar-refractivity contribution < 1.29 is 9.53 Å². The van der Waals surface area contributed by atoms with Gasteiger partial charge >= 0.3 is 0 Å². The summed E-state index contributed by atoms with van der Waals surface area (Å²) in [6, 6.07) is 9.39. The molecule has 0 spiro atoms. The second kappa shape index (κ2) is 8.62. The van der Waals surface area contributed by atoms with Crippen molar-refractivity contribution in [2.45, 2.75) is 26.3 Å². The van der Waals surface area contributed by atoms with Crippen LogP contribution in [0.2, 0.25) is 0 Å². The molecule has 1 aliphatic heterocycles. The van der Waals surface area contributed by atoms with E-state index in [1.807, 2.05) is 31.2 Å². The Hall–Kier alpha value is -2.67. The van der Waals surface area contributed by atoms with E-state index in [0.717, 1.165) is 11.3 Å². The van der Waals surface area contributed by atoms with Crippen LogP contribution in [0.3, 0.4) is 0 Å². The minimum atomic E-state index is -0.151. The number of nitrogens with zero attached hydrogens (tertiary/aromatic N) is 2. The molecule has 3 rings (SSSR count). The van der Waals surface area contributed by atoms with Crippen LogP contribution in [0.4, 0.5) is 0 Å². The number of carbonyl (C=O) groups is 1. The number of aryl methyl sites for hydroxylation is 1. The number of carbonyl (C=O) groups excluding carboxylic acids is 1. The number of fused-ring (bicyclic) bond motifs is 1. The summed E-state index contributed by atoms with van der Waals surface area (Å²) < 4.78 is 5.72. The summed E-state index contributed by atoms with van der Waals surface area (Å²) >= 11 is 0. The van der Waals surface area contributed by atoms with Crippen LogP contribution in [0.25, 0.3) is 0 Å². The molecule has 0 saturated carbocycles. The molecule has 0 aliphatic carbocycles. The average molecular weight is 356 g/mol. The second-order valence-corrected chi connectivity index (χ2v) is 6.30. The summed E-state index contributed by atoms with van der Waals surface area (Å²) in [5, 5.41) is 2.91. The van der Waals surface area contributed by atoms with E-state index in [2.05, 4.69) is 20.2 Å². The second-order valence-electron chi connectivity index (χ2n) is 6.30. The average Bonchev–Trinajstić information content (AvgIpc) is 2.82. The number of amides is 1. The molecular weight excluding hydrogens is 332 g/mol. The van der Waals surface area contributed by atoms with Crippen molar-refractivity contribution in [3.8, 4) is 5.75 Å². The zero-order valence-corrected chi connectivity index (χ0v) is 15.0. The molecule has 2 aromatic rings. The van der Waals surface area contributed by atoms with Crippen LogP contribution in [-0.4, -0.2) is 47.0 Å². The zero-order valence-electron chi connectivity index (χ0n) is 15.0. The number of para-hydroxylation sites is 1. The number of benzene rings is 1. The maximum atomic E-state index is 12.2. The largest absolute Gasteiger partial charge is 0.492 e. The van der Waals surface area contributed by atoms with Gasteiger partial charge in [-0.25, -0.2) is 4.98 Å². The van der Waals surface area contributed by atoms with E-state index in [4.69, 9.17) is 4.74 Å². The molecule has 1 aromatic carbocycles. The Morgan fingerprint density at radius 2 is 2.23 bits per heavy atom. The Labute approximate surface area is 152 Å². The Morgan fingerprint density at radius 3 is 3.08 bits per heavy atom. The molecule has 1 aliphatic rings. The van der Waals surface area contributed by atoms with Gasteiger partial charge in [0, 0.05) is 49.8 Å². The number of hydrogen-bond donors (Lipinski definition) is 2. The fourth-order valence-corrected chi connectivity index (χ4v) is 2.96. The van der Waals surface area contributed by atoms with Crippen LogP contribution in [0.1, 0.15) is 24.0 Å². The van der Waals surface area contributed by atoms with E-state index >= 15 is 0 Å². The van der Waals surface area contributed by atoms with Gasteiger partial charge < -0.3 is 15.0 Å². The van der Waals surface area contributed by atoms with Crippen LogP contribution in [0.15, 0.2) is 35.1 Å². The van der Waals surface area contributed by atoms with Crippen molar-refractivity contribution in [3.63, 3.8) is 0 Å². The van der Waals surface area contributed by atoms with E-state index in [9.17, 15) is 9.59 Å². The van der Waals surface area contributed by atoms with Gasteiger partial charge in [0.15, 0.2) is 0 Å². The first-order valence-electron chi connectivity index (χ1n) is 8.93. The van der Waals surface area contributed by atoms with Gasteiger partial charge in [0.05, 0.1) is 6.54 Å². The summed E-state index contributed by atoms with van der Waals surface area (Å²) in [6.07, 6.45) is 1.21. The van der Waals surface area contributed by atoms with Gasteiger partial charge in [0.2, 0.25) is 5.91 Å². The molecule has 7 heteroatoms. The highest BCUT2D eigenvalue weighted by atomic mass is 16.5. The lowest BCUT2D eigenvalue weighted by Crippen LogP contribution is -2.38. The van der Waals surface area contributed by atoms with E-state index in [1.165, 1.54) is 6.07 Å². The third kappa shape index (κ3) is 4.92. The van der Waals surface area contributed by atoms with Crippen molar-refractivity contribution in [2.24, 2.45) is 0 Å². The van der Waals surface area contributed by atoms with Gasteiger partial charge in [-0.1, -0.05) is 25.1 Å². The highest BCUT2D eigenvalue weighted by molar-refractivity contribution is 5.78. The van der Waals surface area contributed by atoms with Crippen LogP contribution < -0.4 is 15.6 Å². The Balaban J connectivity index is 1.49. The highest BCUT2D eigenvalue weighted by Gasteiger charge is 2.17. The van der Waals surface area contributed by atoms with Crippen LogP contribution in [0.5, 0.6) is 5.75 Å². The molecule has 0 fully saturated rings. The normalized spacial score (nSPS) is 14.2. The summed E-state index contributed by atoms with van der Waals surface area (Å²) in [5.41, 5.74) is 1.64. The minimum absolute atomic E-state index is 0.0371. The standard InChI is InChI=1S/C19H24N4O3/c1-2-17-21-15(11-18(24)22-17)7-8-20-19(25)13-23-9-10-26-16-6-4-3-5-14(16)12-23/h3-6,11H,2,7-10,12-13H2,1H3,(H,20,25)(H,21,22,24). The maximum Gasteiger partial charge on any atom is 0.251 e. The number of hydrogen-bond acceptors (Lipinski definition) is 5. The predicted molar refractivity (Wildman–Crippen MR) is 98.2 cm³/mol. The molecular formula is C19H24N4O3. The van der Waals surface area contributed by atoms with E-state index in [1.54, 1.807) is 0 Å². The van der Waals surface area contributed by atoms with Crippen molar-refractivity contribution in [3.05, 3.63) is 57.8 Å². The smallest absolute Gasteiger partial charge is 0.251 e. The Bertz CT molecular complexity index is 818. The first-order chi connectivity index (χ1) is 12.6. The van der Waals surface area contributed by atoms with Crippen LogP contribution in [-0.2, 0) is 24.2 Å². The van der Waals surface area contributed by atoms with Gasteiger partial charge in [-0.2, -0.15) is 0 Å². The summed E-state index contributed by atoms with van der Waals surface area (Å²) in [6.45, 7) is 4.68. The number of aromatic nitrogens is 2. The molecule has 0 bridgehead atoms. The number of aromatic amines is 1. The topological polar surface area (TPSA) is 87.3 Å². The van der Waals surface area contributed by atoms with Gasteiger partial charge in [-0.05, 0) is 6.07 Å². The molecule has 0 unspecified atom stereocenters. The quantitative estimate of drug-likeness (QED) is 0.803. The lowest BCUT2D eigenvalue weighted by molar-refractivity contribution is -0.122. The highest BCUT2D eigenvalue weighted by Crippen LogP contribution is 2.22. The third-order valence-electron chi connectivity index (χ3n) is 4.28. The van der Waals surface area contributed by atoms with Gasteiger partial charge in [-0.15, -0.1) is 0 Å². The van der Waals surface area contributed by atoms with Gasteiger partial charge in [0.25, 0.3) is 5.56 Å². The van der Waals surface area contributed by atoms with E-state index in [-0.39, 0.29) is 11.5 Å². The van der Waals surface area contributed by atoms with E-state index < -0.39 is 0 Å². The predicted octanol–water partition coefficient (Wildman–Crippen LogP) is 0.886. The summed E-state index contributed by atoms with van der Waals surface area (Å²) in [7, 11) is 0. The fourth-order valence-electron chi connectivity index (χ4n) is 2.96. The number of ether oxygens (including phenoxy) is 1. The van der Waals surface area contributed by atoms with Crippen molar-refractivity contribution in [2.75, 3.05) is 26.2 Å². The third-order valence-corrected chi connectivity index (χ3v) is 4.28. The van der Waals surface area contributed by atoms with Gasteiger partial charge in [-0.3, -0.25) is 14.5 Å². The lowest BCUT2D eigenvalue weighted by atomic mass is 10.2. The van der Waals surface area contributed by atoms with E-state index in [0.29, 0.717) is 57.1 Å². The molecule has 26 heavy (non-hydrogen) atoms. The molecule has 1 aromatic heterocycles. The number of rotatable bonds is 6. The first-order valence-corrected chi connectivity index (χ1v) is 8.93. The Morgan fingerprint density at radius 1 is 1.38 bits per heavy atom. The van der Waals surface area contributed by atoms with Gasteiger partial charge in [0.1, 0.15) is 18.2 Å². The molecule has 0 saturated heterocycles. The lowest BCUT2D eigenvalue weighted by Gasteiger charge is -2.18. The van der Waals surface area contributed by atoms with Crippen molar-refractivity contribution >= 4 is 5.91 Å². The summed E-state index contributed by atoms with van der Waals surface area (Å²) in [4.78, 5) is 32.9.